The van der Waals surface area contributed by atoms with Crippen molar-refractivity contribution in [3.63, 3.8) is 0 Å². The summed E-state index contributed by atoms with van der Waals surface area (Å²) in [5, 5.41) is 26.1. The van der Waals surface area contributed by atoms with Gasteiger partial charge in [-0.25, -0.2) is 3.97 Å². The van der Waals surface area contributed by atoms with Gasteiger partial charge in [-0.05, 0) is 41.4 Å². The fourth-order valence-electron chi connectivity index (χ4n) is 6.37. The molecule has 1 saturated heterocycles. The lowest BCUT2D eigenvalue weighted by Crippen LogP contribution is -2.67. The van der Waals surface area contributed by atoms with Crippen molar-refractivity contribution in [1.29, 1.82) is 0 Å². The molecule has 1 aliphatic heterocycles. The summed E-state index contributed by atoms with van der Waals surface area (Å²) in [4.78, 5) is 0. The lowest BCUT2D eigenvalue weighted by Gasteiger charge is -2.43. The quantitative estimate of drug-likeness (QED) is 0.251. The number of hydrogen-bond donors (Lipinski definition) is 2. The van der Waals surface area contributed by atoms with E-state index in [4.69, 9.17) is 13.9 Å². The molecule has 4 aromatic rings. The van der Waals surface area contributed by atoms with E-state index in [0.29, 0.717) is 10.9 Å². The van der Waals surface area contributed by atoms with Gasteiger partial charge in [0.05, 0.1) is 17.8 Å². The molecule has 2 N–H and O–H groups in total. The molecule has 2 heterocycles. The predicted molar refractivity (Wildman–Crippen MR) is 178 cm³/mol. The number of aliphatic hydroxyl groups is 2. The summed E-state index contributed by atoms with van der Waals surface area (Å²) >= 11 is 0. The molecule has 1 aromatic heterocycles. The van der Waals surface area contributed by atoms with Crippen LogP contribution in [0, 0.1) is 0 Å². The minimum Gasteiger partial charge on any atom is -0.405 e. The molecule has 45 heavy (non-hydrogen) atoms. The summed E-state index contributed by atoms with van der Waals surface area (Å²) in [6.45, 7) is 9.77. The Labute approximate surface area is 267 Å². The van der Waals surface area contributed by atoms with Crippen LogP contribution in [0.4, 0.5) is 0 Å². The second kappa shape index (κ2) is 12.4. The second-order valence-corrected chi connectivity index (χ2v) is 19.5. The van der Waals surface area contributed by atoms with Crippen LogP contribution in [-0.4, -0.2) is 80.0 Å². The molecule has 9 nitrogen and oxygen atoms in total. The molecule has 0 spiro atoms. The Hall–Kier alpha value is -2.87. The normalized spacial score (nSPS) is 20.5. The highest BCUT2D eigenvalue weighted by molar-refractivity contribution is 7.87. The van der Waals surface area contributed by atoms with Crippen molar-refractivity contribution >= 4 is 39.8 Å². The third-order valence-electron chi connectivity index (χ3n) is 8.43. The first kappa shape index (κ1) is 33.5. The van der Waals surface area contributed by atoms with Crippen LogP contribution in [0.25, 0.3) is 10.9 Å². The van der Waals surface area contributed by atoms with Crippen molar-refractivity contribution in [2.75, 3.05) is 20.7 Å². The fraction of sp³-hybridized carbons (Fsp3) is 0.412. The van der Waals surface area contributed by atoms with Gasteiger partial charge in [0.15, 0.2) is 5.79 Å². The Morgan fingerprint density at radius 1 is 0.889 bits per heavy atom. The van der Waals surface area contributed by atoms with E-state index < -0.39 is 48.7 Å². The zero-order valence-electron chi connectivity index (χ0n) is 26.9. The molecule has 0 saturated carbocycles. The van der Waals surface area contributed by atoms with E-state index in [1.807, 2.05) is 36.4 Å². The molecule has 0 aliphatic carbocycles. The molecule has 0 radical (unpaired) electrons. The number of aliphatic hydroxyl groups excluding tert-OH is 2. The summed E-state index contributed by atoms with van der Waals surface area (Å²) in [6.07, 6.45) is -4.79. The van der Waals surface area contributed by atoms with E-state index >= 15 is 0 Å². The van der Waals surface area contributed by atoms with Crippen LogP contribution in [0.15, 0.2) is 91.0 Å². The Kier molecular flexibility index (Phi) is 9.22. The second-order valence-electron chi connectivity index (χ2n) is 13.2. The summed E-state index contributed by atoms with van der Waals surface area (Å²) in [5.74, 6) is -1.16. The molecule has 4 atom stereocenters. The number of aromatic nitrogens is 1. The summed E-state index contributed by atoms with van der Waals surface area (Å²) in [6, 6.07) is 28.9. The van der Waals surface area contributed by atoms with Gasteiger partial charge >= 0.3 is 10.2 Å². The molecule has 0 amide bonds. The molecule has 5 rings (SSSR count). The zero-order chi connectivity index (χ0) is 32.8. The topological polar surface area (TPSA) is 110 Å². The zero-order valence-corrected chi connectivity index (χ0v) is 28.7. The van der Waals surface area contributed by atoms with Crippen LogP contribution in [0.5, 0.6) is 0 Å². The Morgan fingerprint density at radius 3 is 1.93 bits per heavy atom. The van der Waals surface area contributed by atoms with Gasteiger partial charge in [-0.2, -0.15) is 12.7 Å². The van der Waals surface area contributed by atoms with Crippen molar-refractivity contribution in [2.45, 2.75) is 69.9 Å². The number of para-hydroxylation sites is 1. The molecular formula is C34H44N2O7SSi. The van der Waals surface area contributed by atoms with Gasteiger partial charge in [-0.3, -0.25) is 0 Å². The van der Waals surface area contributed by atoms with Gasteiger partial charge in [-0.1, -0.05) is 99.6 Å². The van der Waals surface area contributed by atoms with Gasteiger partial charge in [0.25, 0.3) is 8.32 Å². The van der Waals surface area contributed by atoms with Crippen molar-refractivity contribution in [1.82, 2.24) is 8.28 Å². The van der Waals surface area contributed by atoms with Gasteiger partial charge in [0, 0.05) is 19.5 Å². The first-order chi connectivity index (χ1) is 21.1. The number of hydrogen-bond acceptors (Lipinski definition) is 7. The van der Waals surface area contributed by atoms with Crippen LogP contribution >= 0.6 is 0 Å². The molecule has 1 fully saturated rings. The Morgan fingerprint density at radius 2 is 1.40 bits per heavy atom. The minimum atomic E-state index is -4.03. The molecule has 1 aliphatic rings. The lowest BCUT2D eigenvalue weighted by molar-refractivity contribution is -0.162. The molecular weight excluding hydrogens is 609 g/mol. The van der Waals surface area contributed by atoms with Gasteiger partial charge < -0.3 is 24.1 Å². The molecule has 0 bridgehead atoms. The molecule has 0 unspecified atom stereocenters. The van der Waals surface area contributed by atoms with Crippen molar-refractivity contribution in [2.24, 2.45) is 0 Å². The summed E-state index contributed by atoms with van der Waals surface area (Å²) in [7, 11) is -4.14. The van der Waals surface area contributed by atoms with Crippen molar-refractivity contribution in [3.05, 3.63) is 96.7 Å². The average Bonchev–Trinajstić information content (AvgIpc) is 3.55. The maximum atomic E-state index is 13.5. The number of nitrogens with zero attached hydrogens (tertiary/aromatic N) is 2. The number of ether oxygens (including phenoxy) is 2. The fourth-order valence-corrected chi connectivity index (χ4v) is 12.1. The largest absolute Gasteiger partial charge is 0.405 e. The van der Waals surface area contributed by atoms with E-state index in [9.17, 15) is 18.6 Å². The molecule has 3 aromatic carbocycles. The van der Waals surface area contributed by atoms with E-state index in [0.717, 1.165) is 18.7 Å². The summed E-state index contributed by atoms with van der Waals surface area (Å²) < 4.78 is 48.6. The molecule has 11 heteroatoms. The highest BCUT2D eigenvalue weighted by atomic mass is 32.2. The van der Waals surface area contributed by atoms with E-state index in [1.54, 1.807) is 44.2 Å². The van der Waals surface area contributed by atoms with Gasteiger partial charge in [0.1, 0.15) is 24.4 Å². The predicted octanol–water partition coefficient (Wildman–Crippen LogP) is 3.79. The lowest BCUT2D eigenvalue weighted by atomic mass is 10.0. The maximum absolute atomic E-state index is 13.5. The third kappa shape index (κ3) is 6.16. The van der Waals surface area contributed by atoms with E-state index in [1.165, 1.54) is 14.1 Å². The van der Waals surface area contributed by atoms with Crippen LogP contribution < -0.4 is 10.4 Å². The van der Waals surface area contributed by atoms with Crippen LogP contribution in [0.3, 0.4) is 0 Å². The number of benzene rings is 3. The SMILES string of the molecule is CN(C)S(=O)(=O)n1c([C@H](O)[C@H]2OC(C)(C)O[C@@H]2[C@H](O)CO[Si](c2ccccc2)(c2ccccc2)C(C)(C)C)cc2ccccc21. The highest BCUT2D eigenvalue weighted by Crippen LogP contribution is 2.41. The Bertz CT molecular complexity index is 1680. The van der Waals surface area contributed by atoms with Crippen LogP contribution in [0.2, 0.25) is 5.04 Å². The summed E-state index contributed by atoms with van der Waals surface area (Å²) in [5.41, 5.74) is 0.534. The standard InChI is InChI=1S/C34H44N2O7SSi/c1-33(2,3)45(25-17-10-8-11-18-25,26-19-12-9-13-20-26)41-23-29(37)31-32(43-34(4,5)42-31)30(38)28-22-24-16-14-15-21-27(24)36(28)44(39,40)35(6)7/h8-22,29-32,37-38H,23H2,1-7H3/t29-,30+,31-,32-/m1/s1. The minimum absolute atomic E-state index is 0.0976. The van der Waals surface area contributed by atoms with E-state index in [-0.39, 0.29) is 17.3 Å². The van der Waals surface area contributed by atoms with Crippen molar-refractivity contribution in [3.8, 4) is 0 Å². The highest BCUT2D eigenvalue weighted by Gasteiger charge is 2.53. The third-order valence-corrected chi connectivity index (χ3v) is 15.2. The number of rotatable bonds is 10. The van der Waals surface area contributed by atoms with Crippen LogP contribution in [0.1, 0.15) is 46.4 Å². The van der Waals surface area contributed by atoms with Crippen molar-refractivity contribution < 1.29 is 32.5 Å². The number of fused-ring (bicyclic) bond motifs is 1. The average molecular weight is 653 g/mol. The van der Waals surface area contributed by atoms with Gasteiger partial charge in [-0.15, -0.1) is 0 Å². The molecule has 242 valence electrons. The first-order valence-corrected chi connectivity index (χ1v) is 18.4. The van der Waals surface area contributed by atoms with Crippen LogP contribution in [-0.2, 0) is 24.1 Å². The smallest absolute Gasteiger partial charge is 0.307 e. The maximum Gasteiger partial charge on any atom is 0.307 e. The van der Waals surface area contributed by atoms with Gasteiger partial charge in [0.2, 0.25) is 0 Å². The Balaban J connectivity index is 1.53. The van der Waals surface area contributed by atoms with E-state index in [2.05, 4.69) is 45.0 Å². The first-order valence-electron chi connectivity index (χ1n) is 15.1. The monoisotopic (exact) mass is 652 g/mol.